The van der Waals surface area contributed by atoms with E-state index in [1.807, 2.05) is 0 Å². The van der Waals surface area contributed by atoms with E-state index in [4.69, 9.17) is 15.9 Å². The van der Waals surface area contributed by atoms with Crippen LogP contribution in [-0.4, -0.2) is 31.3 Å². The van der Waals surface area contributed by atoms with E-state index in [-0.39, 0.29) is 65.5 Å². The third-order valence-electron chi connectivity index (χ3n) is 4.59. The van der Waals surface area contributed by atoms with E-state index in [1.165, 1.54) is 44.9 Å². The zero-order valence-corrected chi connectivity index (χ0v) is 27.2. The van der Waals surface area contributed by atoms with Crippen LogP contribution >= 0.6 is 7.82 Å². The first-order valence-corrected chi connectivity index (χ1v) is 13.2. The Morgan fingerprint density at radius 3 is 1.86 bits per heavy atom. The Hall–Kier alpha value is -0.710. The zero-order valence-electron chi connectivity index (χ0n) is 22.3. The van der Waals surface area contributed by atoms with Gasteiger partial charge in [0.1, 0.15) is 6.61 Å². The van der Waals surface area contributed by atoms with E-state index in [1.54, 1.807) is 0 Å². The van der Waals surface area contributed by atoms with Crippen molar-refractivity contribution >= 4 is 19.8 Å². The largest absolute Gasteiger partial charge is 1.00 e. The van der Waals surface area contributed by atoms with Crippen molar-refractivity contribution in [1.82, 2.24) is 0 Å². The number of ether oxygens (including phenoxy) is 2. The fourth-order valence-corrected chi connectivity index (χ4v) is 3.23. The molecule has 0 rings (SSSR count). The van der Waals surface area contributed by atoms with Gasteiger partial charge in [0.25, 0.3) is 0 Å². The molecular formula is C26H33Na2O8P. The molecule has 0 aliphatic carbocycles. The Morgan fingerprint density at radius 2 is 1.32 bits per heavy atom. The molecule has 0 bridgehead atoms. The third kappa shape index (κ3) is 31.4. The van der Waals surface area contributed by atoms with Crippen LogP contribution in [0.4, 0.5) is 0 Å². The van der Waals surface area contributed by atoms with Gasteiger partial charge in [-0.05, 0) is 41.9 Å². The minimum atomic E-state index is -5.29. The van der Waals surface area contributed by atoms with Crippen LogP contribution in [0.2, 0.25) is 0 Å². The van der Waals surface area contributed by atoms with Crippen molar-refractivity contribution in [2.24, 2.45) is 0 Å². The zero-order chi connectivity index (χ0) is 26.2. The number of phosphoric acid groups is 1. The second-order valence-corrected chi connectivity index (χ2v) is 8.79. The second-order valence-electron chi connectivity index (χ2n) is 7.63. The first-order valence-electron chi connectivity index (χ1n) is 11.8. The maximum atomic E-state index is 12.1. The molecule has 0 aliphatic rings. The van der Waals surface area contributed by atoms with Crippen LogP contribution in [0.1, 0.15) is 84.0 Å². The molecule has 11 heteroatoms. The van der Waals surface area contributed by atoms with Crippen LogP contribution in [0.15, 0.2) is 0 Å². The summed E-state index contributed by atoms with van der Waals surface area (Å²) >= 11 is 0. The van der Waals surface area contributed by atoms with Crippen LogP contribution in [0.3, 0.4) is 0 Å². The molecule has 0 spiro atoms. The fourth-order valence-electron chi connectivity index (χ4n) is 2.89. The van der Waals surface area contributed by atoms with Gasteiger partial charge in [0.2, 0.25) is 0 Å². The molecule has 37 heavy (non-hydrogen) atoms. The summed E-state index contributed by atoms with van der Waals surface area (Å²) in [7, 11) is -5.29. The molecule has 1 atom stereocenters. The molecule has 8 nitrogen and oxygen atoms in total. The minimum absolute atomic E-state index is 0. The maximum Gasteiger partial charge on any atom is 1.00 e. The van der Waals surface area contributed by atoms with Crippen molar-refractivity contribution in [2.45, 2.75) is 90.1 Å². The molecule has 0 amide bonds. The van der Waals surface area contributed by atoms with Gasteiger partial charge in [-0.25, -0.2) is 4.79 Å². The predicted molar refractivity (Wildman–Crippen MR) is 128 cm³/mol. The normalized spacial score (nSPS) is 10.2. The van der Waals surface area contributed by atoms with Crippen molar-refractivity contribution in [3.05, 3.63) is 0 Å². The Bertz CT molecular complexity index is 907. The molecule has 192 valence electrons. The number of unbranched alkanes of at least 4 members (excludes halogenated alkanes) is 10. The Morgan fingerprint density at radius 1 is 0.811 bits per heavy atom. The van der Waals surface area contributed by atoms with Gasteiger partial charge in [-0.15, -0.1) is 6.42 Å². The van der Waals surface area contributed by atoms with E-state index >= 15 is 0 Å². The van der Waals surface area contributed by atoms with Crippen molar-refractivity contribution < 1.29 is 97.1 Å². The molecule has 0 saturated heterocycles. The van der Waals surface area contributed by atoms with Crippen LogP contribution in [0.5, 0.6) is 0 Å². The number of esters is 2. The quantitative estimate of drug-likeness (QED) is 0.0433. The fraction of sp³-hybridized carbons (Fsp3) is 0.615. The van der Waals surface area contributed by atoms with Gasteiger partial charge in [0, 0.05) is 12.3 Å². The van der Waals surface area contributed by atoms with Crippen molar-refractivity contribution in [3.63, 3.8) is 0 Å². The van der Waals surface area contributed by atoms with Crippen molar-refractivity contribution in [3.8, 4) is 47.9 Å². The number of terminal acetylenes is 1. The van der Waals surface area contributed by atoms with Gasteiger partial charge in [0.15, 0.2) is 6.10 Å². The smallest absolute Gasteiger partial charge is 0.790 e. The van der Waals surface area contributed by atoms with Crippen LogP contribution in [0, 0.1) is 47.9 Å². The van der Waals surface area contributed by atoms with Gasteiger partial charge < -0.3 is 28.3 Å². The first-order chi connectivity index (χ1) is 16.8. The molecule has 0 aliphatic heterocycles. The van der Waals surface area contributed by atoms with Crippen molar-refractivity contribution in [2.75, 3.05) is 13.2 Å². The standard InChI is InChI=1S/C26H35O8P.2Na/c1-3-5-7-9-11-12-13-14-15-17-19-21-26(28)34-24(23-33-35(29,30)31)22-32-25(27)20-18-16-10-8-6-4-2;;/h2,24H,3,5,7,9,11-15,17,19,21-23H2,1H3,(H2,29,30,31);;/q;2*+1/p-2/t24-;;/m1../s1. The summed E-state index contributed by atoms with van der Waals surface area (Å²) in [5, 5.41) is 0. The summed E-state index contributed by atoms with van der Waals surface area (Å²) in [6.45, 7) is 0.893. The van der Waals surface area contributed by atoms with E-state index in [9.17, 15) is 23.9 Å². The van der Waals surface area contributed by atoms with Gasteiger partial charge in [-0.2, -0.15) is 0 Å². The number of carbonyl (C=O) groups is 2. The molecule has 0 N–H and O–H groups in total. The Kier molecular flexibility index (Phi) is 31.2. The summed E-state index contributed by atoms with van der Waals surface area (Å²) in [5.74, 6) is 13.8. The van der Waals surface area contributed by atoms with Crippen LogP contribution in [0.25, 0.3) is 0 Å². The van der Waals surface area contributed by atoms with Crippen LogP contribution < -0.4 is 68.9 Å². The molecule has 0 radical (unpaired) electrons. The number of hydrogen-bond acceptors (Lipinski definition) is 8. The molecule has 0 aromatic carbocycles. The Balaban J connectivity index is -0.00000578. The third-order valence-corrected chi connectivity index (χ3v) is 5.05. The second kappa shape index (κ2) is 28.3. The molecular weight excluding hydrogens is 517 g/mol. The van der Waals surface area contributed by atoms with Gasteiger partial charge in [-0.3, -0.25) is 4.79 Å². The number of carbonyl (C=O) groups excluding carboxylic acids is 2. The SMILES string of the molecule is C#CC#CC#CC#CC(=O)OC[C@H](COP(=O)([O-])[O-])OC(=O)CCCCCCCCCCCCC.[Na+].[Na+]. The topological polar surface area (TPSA) is 125 Å². The summed E-state index contributed by atoms with van der Waals surface area (Å²) in [4.78, 5) is 45.1. The number of rotatable bonds is 18. The summed E-state index contributed by atoms with van der Waals surface area (Å²) in [5.41, 5.74) is 0. The van der Waals surface area contributed by atoms with E-state index in [2.05, 4.69) is 52.9 Å². The van der Waals surface area contributed by atoms with E-state index in [0.29, 0.717) is 6.42 Å². The monoisotopic (exact) mass is 550 g/mol. The van der Waals surface area contributed by atoms with Gasteiger partial charge in [0.05, 0.1) is 14.4 Å². The summed E-state index contributed by atoms with van der Waals surface area (Å²) < 4.78 is 24.8. The average molecular weight is 550 g/mol. The minimum Gasteiger partial charge on any atom is -0.790 e. The molecule has 0 aromatic heterocycles. The van der Waals surface area contributed by atoms with E-state index in [0.717, 1.165) is 19.3 Å². The molecule has 0 saturated carbocycles. The molecule has 0 heterocycles. The predicted octanol–water partition coefficient (Wildman–Crippen LogP) is -3.36. The summed E-state index contributed by atoms with van der Waals surface area (Å²) in [6.07, 6.45) is 16.1. The maximum absolute atomic E-state index is 12.1. The summed E-state index contributed by atoms with van der Waals surface area (Å²) in [6, 6.07) is 0. The molecule has 0 unspecified atom stereocenters. The molecule has 0 fully saturated rings. The number of hydrogen-bond donors (Lipinski definition) is 0. The van der Waals surface area contributed by atoms with Crippen LogP contribution in [-0.2, 0) is 28.2 Å². The number of phosphoric ester groups is 1. The van der Waals surface area contributed by atoms with Crippen molar-refractivity contribution in [1.29, 1.82) is 0 Å². The van der Waals surface area contributed by atoms with E-state index < -0.39 is 39.1 Å². The Labute approximate surface area is 265 Å². The van der Waals surface area contributed by atoms with Gasteiger partial charge >= 0.3 is 71.1 Å². The van der Waals surface area contributed by atoms with Gasteiger partial charge in [-0.1, -0.05) is 71.1 Å². The molecule has 0 aromatic rings. The first kappa shape index (κ1) is 40.8. The average Bonchev–Trinajstić information content (AvgIpc) is 2.81.